The van der Waals surface area contributed by atoms with E-state index in [9.17, 15) is 9.59 Å². The maximum atomic E-state index is 12.5. The van der Waals surface area contributed by atoms with Crippen molar-refractivity contribution in [2.24, 2.45) is 0 Å². The van der Waals surface area contributed by atoms with Crippen LogP contribution in [0, 0.1) is 6.92 Å². The highest BCUT2D eigenvalue weighted by atomic mass is 32.2. The lowest BCUT2D eigenvalue weighted by atomic mass is 9.84. The van der Waals surface area contributed by atoms with Crippen molar-refractivity contribution in [3.8, 4) is 40.4 Å². The smallest absolute Gasteiger partial charge is 0.265 e. The van der Waals surface area contributed by atoms with E-state index >= 15 is 0 Å². The first-order chi connectivity index (χ1) is 28.1. The first-order valence-corrected chi connectivity index (χ1v) is 23.9. The van der Waals surface area contributed by atoms with Gasteiger partial charge in [-0.05, 0) is 95.4 Å². The molecule has 7 aromatic rings. The number of thiocarbonyl (C=S) groups is 2. The zero-order valence-electron chi connectivity index (χ0n) is 31.3. The van der Waals surface area contributed by atoms with Crippen molar-refractivity contribution in [1.29, 1.82) is 0 Å². The summed E-state index contributed by atoms with van der Waals surface area (Å²) in [6.45, 7) is 2.13. The van der Waals surface area contributed by atoms with Crippen LogP contribution in [0.3, 0.4) is 0 Å². The molecule has 0 N–H and O–H groups in total. The molecule has 2 amide bonds. The molecule has 58 heavy (non-hydrogen) atoms. The Balaban J connectivity index is 0.931. The third-order valence-corrected chi connectivity index (χ3v) is 17.6. The molecule has 6 heterocycles. The number of amides is 2. The fourth-order valence-corrected chi connectivity index (χ4v) is 13.3. The molecule has 0 aliphatic carbocycles. The maximum absolute atomic E-state index is 12.5. The molecule has 0 saturated carbocycles. The van der Waals surface area contributed by atoms with Gasteiger partial charge in [0.25, 0.3) is 11.8 Å². The summed E-state index contributed by atoms with van der Waals surface area (Å²) in [5.41, 5.74) is 7.35. The highest BCUT2D eigenvalue weighted by Crippen LogP contribution is 2.43. The fraction of sp³-hybridized carbons (Fsp3) is 0.0870. The second kappa shape index (κ2) is 16.4. The molecule has 4 nitrogen and oxygen atoms in total. The SMILES string of the molecule is Cc1ccc(C(c2ccc(-c3ccc(-c4ccc(/C=C5\SC(=S)N(C)C5=O)s4)s3)cc2)c2ccc(-c3ccc(-c4ccc(/C=C5/SC(=S)N(C)C5=O)s4)s3)cc2)cc1. The predicted molar refractivity (Wildman–Crippen MR) is 260 cm³/mol. The second-order valence-electron chi connectivity index (χ2n) is 13.8. The van der Waals surface area contributed by atoms with Gasteiger partial charge in [0.15, 0.2) is 0 Å². The first kappa shape index (κ1) is 39.2. The van der Waals surface area contributed by atoms with Crippen LogP contribution in [-0.2, 0) is 9.59 Å². The highest BCUT2D eigenvalue weighted by molar-refractivity contribution is 8.27. The molecule has 2 saturated heterocycles. The van der Waals surface area contributed by atoms with Gasteiger partial charge in [-0.3, -0.25) is 19.4 Å². The summed E-state index contributed by atoms with van der Waals surface area (Å²) in [4.78, 5) is 38.7. The summed E-state index contributed by atoms with van der Waals surface area (Å²) in [6, 6.07) is 44.1. The number of hydrogen-bond acceptors (Lipinski definition) is 10. The zero-order valence-corrected chi connectivity index (χ0v) is 37.8. The van der Waals surface area contributed by atoms with Crippen molar-refractivity contribution in [2.75, 3.05) is 14.1 Å². The Morgan fingerprint density at radius 2 is 0.810 bits per heavy atom. The van der Waals surface area contributed by atoms with E-state index in [-0.39, 0.29) is 17.7 Å². The van der Waals surface area contributed by atoms with Crippen molar-refractivity contribution in [3.63, 3.8) is 0 Å². The number of carbonyl (C=O) groups is 2. The highest BCUT2D eigenvalue weighted by Gasteiger charge is 2.30. The van der Waals surface area contributed by atoms with Gasteiger partial charge in [0.2, 0.25) is 0 Å². The van der Waals surface area contributed by atoms with Gasteiger partial charge in [0.05, 0.1) is 9.81 Å². The molecule has 0 bridgehead atoms. The van der Waals surface area contributed by atoms with Crippen LogP contribution < -0.4 is 0 Å². The van der Waals surface area contributed by atoms with Crippen molar-refractivity contribution in [3.05, 3.63) is 163 Å². The summed E-state index contributed by atoms with van der Waals surface area (Å²) in [5.74, 6) is -0.00403. The third kappa shape index (κ3) is 7.92. The molecular formula is C46H32N2O2S8. The van der Waals surface area contributed by atoms with E-state index in [4.69, 9.17) is 24.4 Å². The minimum absolute atomic E-state index is 0.0423. The van der Waals surface area contributed by atoms with Gasteiger partial charge >= 0.3 is 0 Å². The molecule has 4 aromatic heterocycles. The van der Waals surface area contributed by atoms with Gasteiger partial charge in [0, 0.05) is 59.0 Å². The van der Waals surface area contributed by atoms with E-state index in [0.717, 1.165) is 9.75 Å². The van der Waals surface area contributed by atoms with Crippen LogP contribution in [0.15, 0.2) is 131 Å². The Labute approximate surface area is 372 Å². The molecule has 0 radical (unpaired) electrons. The zero-order chi connectivity index (χ0) is 40.1. The van der Waals surface area contributed by atoms with Gasteiger partial charge in [0.1, 0.15) is 8.64 Å². The lowest BCUT2D eigenvalue weighted by Crippen LogP contribution is -2.22. The number of nitrogens with zero attached hydrogens (tertiary/aromatic N) is 2. The molecule has 1 atom stereocenters. The van der Waals surface area contributed by atoms with Crippen molar-refractivity contribution in [2.45, 2.75) is 12.8 Å². The molecule has 286 valence electrons. The van der Waals surface area contributed by atoms with Crippen molar-refractivity contribution >= 4 is 126 Å². The Morgan fingerprint density at radius 1 is 0.466 bits per heavy atom. The lowest BCUT2D eigenvalue weighted by molar-refractivity contribution is -0.122. The van der Waals surface area contributed by atoms with Crippen molar-refractivity contribution < 1.29 is 9.59 Å². The summed E-state index contributed by atoms with van der Waals surface area (Å²) >= 11 is 20.2. The Bertz CT molecular complexity index is 2630. The van der Waals surface area contributed by atoms with Gasteiger partial charge in [-0.1, -0.05) is 126 Å². The lowest BCUT2D eigenvalue weighted by Gasteiger charge is -2.20. The maximum Gasteiger partial charge on any atom is 0.265 e. The van der Waals surface area contributed by atoms with E-state index in [2.05, 4.69) is 128 Å². The molecule has 9 rings (SSSR count). The molecule has 2 aliphatic heterocycles. The van der Waals surface area contributed by atoms with Crippen LogP contribution in [-0.4, -0.2) is 44.4 Å². The van der Waals surface area contributed by atoms with Gasteiger partial charge in [-0.15, -0.1) is 45.3 Å². The quantitative estimate of drug-likeness (QED) is 0.0817. The van der Waals surface area contributed by atoms with E-state index in [1.807, 2.05) is 12.2 Å². The summed E-state index contributed by atoms with van der Waals surface area (Å²) < 4.78 is 1.18. The number of likely N-dealkylation sites (N-methyl/N-ethyl adjacent to an activating group) is 2. The van der Waals surface area contributed by atoms with Crippen LogP contribution in [0.5, 0.6) is 0 Å². The average Bonchev–Trinajstić information content (AvgIpc) is 4.11. The van der Waals surface area contributed by atoms with E-state index < -0.39 is 0 Å². The van der Waals surface area contributed by atoms with E-state index in [0.29, 0.717) is 18.5 Å². The number of thiophene rings is 4. The monoisotopic (exact) mass is 900 g/mol. The largest absolute Gasteiger partial charge is 0.296 e. The first-order valence-electron chi connectivity index (χ1n) is 18.2. The van der Waals surface area contributed by atoms with Gasteiger partial charge < -0.3 is 0 Å². The Kier molecular flexibility index (Phi) is 11.1. The standard InChI is InChI=1S/C46H32N2O2S8/c1-26-4-6-29(7-5-26)42(30-12-8-27(9-13-30)34-20-22-38(55-34)36-18-16-32(53-36)24-40-43(49)47(2)45(51)57-40)31-14-10-28(11-15-31)35-21-23-39(56-35)37-19-17-33(54-37)25-41-44(50)48(3)46(52)58-41/h4-25,42H,1-3H3/b40-24-,41-25+. The molecular weight excluding hydrogens is 869 g/mol. The van der Waals surface area contributed by atoms with Crippen LogP contribution in [0.2, 0.25) is 0 Å². The molecule has 2 fully saturated rings. The molecule has 12 heteroatoms. The third-order valence-electron chi connectivity index (χ3n) is 9.94. The Hall–Kier alpha value is -4.24. The van der Waals surface area contributed by atoms with Crippen LogP contribution in [0.25, 0.3) is 52.5 Å². The summed E-state index contributed by atoms with van der Waals surface area (Å²) in [5, 5.41) is 0. The Morgan fingerprint density at radius 3 is 1.19 bits per heavy atom. The normalized spacial score (nSPS) is 16.5. The number of rotatable bonds is 9. The number of benzene rings is 3. The molecule has 2 aliphatic rings. The van der Waals surface area contributed by atoms with Gasteiger partial charge in [-0.25, -0.2) is 0 Å². The minimum Gasteiger partial charge on any atom is -0.296 e. The number of aryl methyl sites for hydroxylation is 1. The molecule has 3 aromatic carbocycles. The van der Waals surface area contributed by atoms with Crippen LogP contribution in [0.1, 0.15) is 37.9 Å². The second-order valence-corrected chi connectivity index (χ2v) is 21.6. The van der Waals surface area contributed by atoms with Gasteiger partial charge in [-0.2, -0.15) is 0 Å². The van der Waals surface area contributed by atoms with E-state index in [1.54, 1.807) is 59.4 Å². The molecule has 1 unspecified atom stereocenters. The number of carbonyl (C=O) groups excluding carboxylic acids is 2. The summed E-state index contributed by atoms with van der Waals surface area (Å²) in [7, 11) is 3.45. The molecule has 0 spiro atoms. The van der Waals surface area contributed by atoms with E-state index in [1.165, 1.54) is 96.0 Å². The van der Waals surface area contributed by atoms with Crippen LogP contribution >= 0.6 is 93.3 Å². The van der Waals surface area contributed by atoms with Crippen molar-refractivity contribution in [1.82, 2.24) is 9.80 Å². The minimum atomic E-state index is -0.0423. The summed E-state index contributed by atoms with van der Waals surface area (Å²) in [6.07, 6.45) is 3.89. The number of thioether (sulfide) groups is 2. The average molecular weight is 901 g/mol. The topological polar surface area (TPSA) is 40.6 Å². The fourth-order valence-electron chi connectivity index (χ4n) is 6.74. The predicted octanol–water partition coefficient (Wildman–Crippen LogP) is 13.8. The van der Waals surface area contributed by atoms with Crippen LogP contribution in [0.4, 0.5) is 0 Å². The number of hydrogen-bond donors (Lipinski definition) is 0.